The van der Waals surface area contributed by atoms with Crippen LogP contribution in [0.15, 0.2) is 30.3 Å². The van der Waals surface area contributed by atoms with Gasteiger partial charge in [0.2, 0.25) is 5.91 Å². The van der Waals surface area contributed by atoms with E-state index in [1.54, 1.807) is 0 Å². The first-order chi connectivity index (χ1) is 9.75. The lowest BCUT2D eigenvalue weighted by atomic mass is 10.0. The lowest BCUT2D eigenvalue weighted by Gasteiger charge is -2.26. The average molecular weight is 272 g/mol. The molecule has 20 heavy (non-hydrogen) atoms. The second kappa shape index (κ2) is 5.96. The normalized spacial score (nSPS) is 21.8. The number of hydrogen-bond acceptors (Lipinski definition) is 2. The fourth-order valence-corrected chi connectivity index (χ4v) is 3.15. The van der Waals surface area contributed by atoms with Crippen LogP contribution in [0.5, 0.6) is 0 Å². The highest BCUT2D eigenvalue weighted by Crippen LogP contribution is 2.41. The van der Waals surface area contributed by atoms with Crippen molar-refractivity contribution in [3.8, 4) is 0 Å². The maximum absolute atomic E-state index is 12.4. The third-order valence-electron chi connectivity index (χ3n) is 4.47. The number of likely N-dealkylation sites (tertiary alicyclic amines) is 1. The summed E-state index contributed by atoms with van der Waals surface area (Å²) in [5, 5.41) is 3.58. The van der Waals surface area contributed by atoms with Crippen molar-refractivity contribution in [3.63, 3.8) is 0 Å². The molecule has 2 unspecified atom stereocenters. The van der Waals surface area contributed by atoms with Crippen molar-refractivity contribution in [3.05, 3.63) is 35.9 Å². The van der Waals surface area contributed by atoms with E-state index in [9.17, 15) is 4.79 Å². The van der Waals surface area contributed by atoms with Gasteiger partial charge in [-0.25, -0.2) is 0 Å². The summed E-state index contributed by atoms with van der Waals surface area (Å²) in [7, 11) is 0. The lowest BCUT2D eigenvalue weighted by molar-refractivity contribution is -0.132. The van der Waals surface area contributed by atoms with E-state index < -0.39 is 0 Å². The molecule has 0 aromatic heterocycles. The summed E-state index contributed by atoms with van der Waals surface area (Å²) in [4.78, 5) is 14.4. The third-order valence-corrected chi connectivity index (χ3v) is 4.47. The zero-order chi connectivity index (χ0) is 13.9. The Hall–Kier alpha value is -1.35. The van der Waals surface area contributed by atoms with Crippen LogP contribution in [-0.2, 0) is 4.79 Å². The molecule has 1 aliphatic heterocycles. The van der Waals surface area contributed by atoms with Crippen LogP contribution in [0, 0.1) is 5.92 Å². The Morgan fingerprint density at radius 1 is 1.20 bits per heavy atom. The Labute approximate surface area is 121 Å². The minimum atomic E-state index is -0.0843. The number of rotatable bonds is 5. The molecule has 2 aliphatic rings. The van der Waals surface area contributed by atoms with Gasteiger partial charge in [-0.3, -0.25) is 10.1 Å². The maximum atomic E-state index is 12.4. The molecule has 1 saturated heterocycles. The van der Waals surface area contributed by atoms with Crippen LogP contribution in [0.2, 0.25) is 0 Å². The van der Waals surface area contributed by atoms with Crippen LogP contribution in [0.3, 0.4) is 0 Å². The zero-order valence-corrected chi connectivity index (χ0v) is 12.2. The summed E-state index contributed by atoms with van der Waals surface area (Å²) < 4.78 is 0. The first-order valence-corrected chi connectivity index (χ1v) is 7.85. The van der Waals surface area contributed by atoms with Gasteiger partial charge in [-0.15, -0.1) is 0 Å². The molecule has 1 heterocycles. The molecule has 1 amide bonds. The highest BCUT2D eigenvalue weighted by molar-refractivity contribution is 5.81. The van der Waals surface area contributed by atoms with Crippen LogP contribution in [0.25, 0.3) is 0 Å². The smallest absolute Gasteiger partial charge is 0.239 e. The molecule has 3 rings (SSSR count). The van der Waals surface area contributed by atoms with E-state index in [1.807, 2.05) is 17.9 Å². The minimum Gasteiger partial charge on any atom is -0.341 e. The maximum Gasteiger partial charge on any atom is 0.239 e. The Bertz CT molecular complexity index is 449. The SMILES string of the molecule is CC(NC(c1ccccc1)C1CC1)C(=O)N1CCCC1. The van der Waals surface area contributed by atoms with Gasteiger partial charge < -0.3 is 4.90 Å². The number of hydrogen-bond donors (Lipinski definition) is 1. The molecule has 1 aliphatic carbocycles. The fraction of sp³-hybridized carbons (Fsp3) is 0.588. The molecule has 3 heteroatoms. The summed E-state index contributed by atoms with van der Waals surface area (Å²) in [5.74, 6) is 0.968. The van der Waals surface area contributed by atoms with Gasteiger partial charge in [0.25, 0.3) is 0 Å². The Morgan fingerprint density at radius 2 is 1.85 bits per heavy atom. The van der Waals surface area contributed by atoms with Crippen LogP contribution in [0.4, 0.5) is 0 Å². The Kier molecular flexibility index (Phi) is 4.06. The lowest BCUT2D eigenvalue weighted by Crippen LogP contribution is -2.45. The van der Waals surface area contributed by atoms with Gasteiger partial charge in [-0.1, -0.05) is 30.3 Å². The molecule has 108 valence electrons. The highest BCUT2D eigenvalue weighted by Gasteiger charge is 2.34. The number of nitrogens with zero attached hydrogens (tertiary/aromatic N) is 1. The van der Waals surface area contributed by atoms with Gasteiger partial charge in [0.1, 0.15) is 0 Å². The average Bonchev–Trinajstić information content (AvgIpc) is 3.18. The van der Waals surface area contributed by atoms with Crippen LogP contribution in [0.1, 0.15) is 44.2 Å². The standard InChI is InChI=1S/C17H24N2O/c1-13(17(20)19-11-5-6-12-19)18-16(15-9-10-15)14-7-3-2-4-8-14/h2-4,7-8,13,15-16,18H,5-6,9-12H2,1H3. The summed E-state index contributed by atoms with van der Waals surface area (Å²) in [6.45, 7) is 3.88. The van der Waals surface area contributed by atoms with Crippen molar-refractivity contribution in [2.24, 2.45) is 5.92 Å². The number of benzene rings is 1. The van der Waals surface area contributed by atoms with Crippen LogP contribution >= 0.6 is 0 Å². The molecular weight excluding hydrogens is 248 g/mol. The van der Waals surface area contributed by atoms with E-state index in [0.29, 0.717) is 12.0 Å². The highest BCUT2D eigenvalue weighted by atomic mass is 16.2. The molecule has 2 fully saturated rings. The van der Waals surface area contributed by atoms with E-state index in [2.05, 4.69) is 29.6 Å². The first-order valence-electron chi connectivity index (χ1n) is 7.85. The molecule has 1 aromatic rings. The topological polar surface area (TPSA) is 32.3 Å². The number of amides is 1. The predicted octanol–water partition coefficient (Wildman–Crippen LogP) is 2.74. The molecule has 0 bridgehead atoms. The van der Waals surface area contributed by atoms with E-state index in [-0.39, 0.29) is 11.9 Å². The van der Waals surface area contributed by atoms with E-state index in [4.69, 9.17) is 0 Å². The van der Waals surface area contributed by atoms with Crippen molar-refractivity contribution in [1.29, 1.82) is 0 Å². The van der Waals surface area contributed by atoms with E-state index in [1.165, 1.54) is 18.4 Å². The van der Waals surface area contributed by atoms with E-state index in [0.717, 1.165) is 25.9 Å². The molecule has 2 atom stereocenters. The Morgan fingerprint density at radius 3 is 2.45 bits per heavy atom. The Balaban J connectivity index is 1.65. The van der Waals surface area contributed by atoms with Gasteiger partial charge in [0.15, 0.2) is 0 Å². The summed E-state index contributed by atoms with van der Waals surface area (Å²) >= 11 is 0. The zero-order valence-electron chi connectivity index (χ0n) is 12.2. The monoisotopic (exact) mass is 272 g/mol. The van der Waals surface area contributed by atoms with E-state index >= 15 is 0 Å². The number of carbonyl (C=O) groups is 1. The van der Waals surface area contributed by atoms with Crippen molar-refractivity contribution in [1.82, 2.24) is 10.2 Å². The minimum absolute atomic E-state index is 0.0843. The van der Waals surface area contributed by atoms with Crippen molar-refractivity contribution in [2.75, 3.05) is 13.1 Å². The summed E-state index contributed by atoms with van der Waals surface area (Å²) in [6.07, 6.45) is 4.86. The largest absolute Gasteiger partial charge is 0.341 e. The predicted molar refractivity (Wildman–Crippen MR) is 80.3 cm³/mol. The van der Waals surface area contributed by atoms with Crippen molar-refractivity contribution < 1.29 is 4.79 Å². The van der Waals surface area contributed by atoms with Gasteiger partial charge in [-0.2, -0.15) is 0 Å². The van der Waals surface area contributed by atoms with Gasteiger partial charge in [0, 0.05) is 19.1 Å². The van der Waals surface area contributed by atoms with Gasteiger partial charge in [-0.05, 0) is 44.1 Å². The molecule has 1 saturated carbocycles. The number of carbonyl (C=O) groups excluding carboxylic acids is 1. The summed E-state index contributed by atoms with van der Waals surface area (Å²) in [5.41, 5.74) is 1.32. The quantitative estimate of drug-likeness (QED) is 0.894. The molecule has 1 aromatic carbocycles. The molecule has 0 spiro atoms. The van der Waals surface area contributed by atoms with Crippen LogP contribution in [-0.4, -0.2) is 29.9 Å². The van der Waals surface area contributed by atoms with Gasteiger partial charge >= 0.3 is 0 Å². The fourth-order valence-electron chi connectivity index (χ4n) is 3.15. The van der Waals surface area contributed by atoms with Crippen molar-refractivity contribution >= 4 is 5.91 Å². The summed E-state index contributed by atoms with van der Waals surface area (Å²) in [6, 6.07) is 10.8. The van der Waals surface area contributed by atoms with Crippen molar-refractivity contribution in [2.45, 2.75) is 44.7 Å². The second-order valence-electron chi connectivity index (χ2n) is 6.15. The molecular formula is C17H24N2O. The van der Waals surface area contributed by atoms with Crippen LogP contribution < -0.4 is 5.32 Å². The molecule has 0 radical (unpaired) electrons. The van der Waals surface area contributed by atoms with Gasteiger partial charge in [0.05, 0.1) is 6.04 Å². The molecule has 3 nitrogen and oxygen atoms in total. The molecule has 1 N–H and O–H groups in total. The first kappa shape index (κ1) is 13.6. The second-order valence-corrected chi connectivity index (χ2v) is 6.15. The number of nitrogens with one attached hydrogen (secondary N) is 1. The third kappa shape index (κ3) is 3.04.